The number of rotatable bonds is 8. The monoisotopic (exact) mass is 417 g/mol. The van der Waals surface area contributed by atoms with Gasteiger partial charge in [0.1, 0.15) is 0 Å². The lowest BCUT2D eigenvalue weighted by Crippen LogP contribution is -2.51. The van der Waals surface area contributed by atoms with Gasteiger partial charge in [0.15, 0.2) is 5.82 Å². The highest BCUT2D eigenvalue weighted by Gasteiger charge is 2.24. The quantitative estimate of drug-likeness (QED) is 0.657. The highest BCUT2D eigenvalue weighted by atomic mass is 32.2. The predicted molar refractivity (Wildman–Crippen MR) is 111 cm³/mol. The van der Waals surface area contributed by atoms with Crippen LogP contribution in [-0.4, -0.2) is 71.0 Å². The number of amides is 2. The van der Waals surface area contributed by atoms with Crippen molar-refractivity contribution in [2.45, 2.75) is 30.9 Å². The molecular formula is C20H27N5O3S. The number of nitrogens with one attached hydrogen (secondary N) is 1. The minimum absolute atomic E-state index is 0.0208. The number of hydrogen-bond donors (Lipinski definition) is 1. The zero-order valence-corrected chi connectivity index (χ0v) is 17.7. The van der Waals surface area contributed by atoms with Gasteiger partial charge in [0, 0.05) is 44.5 Å². The summed E-state index contributed by atoms with van der Waals surface area (Å²) in [4.78, 5) is 34.0. The maximum atomic E-state index is 13.1. The average Bonchev–Trinajstić information content (AvgIpc) is 3.16. The summed E-state index contributed by atoms with van der Waals surface area (Å²) in [5, 5.41) is 6.80. The maximum Gasteiger partial charge on any atom is 0.255 e. The molecule has 1 N–H and O–H groups in total. The van der Waals surface area contributed by atoms with E-state index in [9.17, 15) is 9.59 Å². The zero-order valence-electron chi connectivity index (χ0n) is 16.9. The van der Waals surface area contributed by atoms with Crippen molar-refractivity contribution in [3.8, 4) is 0 Å². The molecule has 8 nitrogen and oxygen atoms in total. The minimum Gasteiger partial charge on any atom is -0.355 e. The second kappa shape index (κ2) is 10.4. The first kappa shape index (κ1) is 21.3. The lowest BCUT2D eigenvalue weighted by molar-refractivity contribution is -0.122. The first-order chi connectivity index (χ1) is 14.1. The molecule has 0 aliphatic carbocycles. The first-order valence-electron chi connectivity index (χ1n) is 9.86. The van der Waals surface area contributed by atoms with Crippen LogP contribution in [0.2, 0.25) is 0 Å². The zero-order chi connectivity index (χ0) is 20.6. The lowest BCUT2D eigenvalue weighted by Gasteiger charge is -2.34. The smallest absolute Gasteiger partial charge is 0.255 e. The molecule has 0 saturated carbocycles. The molecule has 0 bridgehead atoms. The van der Waals surface area contributed by atoms with E-state index in [1.807, 2.05) is 36.1 Å². The van der Waals surface area contributed by atoms with Crippen LogP contribution in [0.1, 0.15) is 35.4 Å². The Bertz CT molecular complexity index is 833. The molecule has 156 valence electrons. The van der Waals surface area contributed by atoms with Crippen LogP contribution < -0.4 is 5.32 Å². The van der Waals surface area contributed by atoms with E-state index in [0.717, 1.165) is 11.3 Å². The Balaban J connectivity index is 1.55. The Morgan fingerprint density at radius 1 is 1.21 bits per heavy atom. The lowest BCUT2D eigenvalue weighted by atomic mass is 10.2. The number of aromatic nitrogens is 2. The van der Waals surface area contributed by atoms with Gasteiger partial charge in [-0.2, -0.15) is 4.98 Å². The molecule has 1 saturated heterocycles. The maximum absolute atomic E-state index is 13.1. The fraction of sp³-hybridized carbons (Fsp3) is 0.500. The summed E-state index contributed by atoms with van der Waals surface area (Å²) in [6.45, 7) is 7.50. The van der Waals surface area contributed by atoms with Crippen LogP contribution in [0.3, 0.4) is 0 Å². The fourth-order valence-corrected chi connectivity index (χ4v) is 4.00. The summed E-state index contributed by atoms with van der Waals surface area (Å²) in [6, 6.07) is 7.60. The number of aryl methyl sites for hydroxylation is 1. The molecule has 9 heteroatoms. The molecular weight excluding hydrogens is 390 g/mol. The van der Waals surface area contributed by atoms with Crippen molar-refractivity contribution >= 4 is 23.6 Å². The molecule has 2 amide bonds. The number of carbonyl (C=O) groups excluding carboxylic acids is 2. The molecule has 2 heterocycles. The van der Waals surface area contributed by atoms with Gasteiger partial charge in [0.2, 0.25) is 11.8 Å². The van der Waals surface area contributed by atoms with E-state index < -0.39 is 0 Å². The molecule has 0 spiro atoms. The van der Waals surface area contributed by atoms with E-state index in [2.05, 4.69) is 20.4 Å². The van der Waals surface area contributed by atoms with Gasteiger partial charge in [-0.1, -0.05) is 24.2 Å². The third kappa shape index (κ3) is 6.04. The molecule has 0 radical (unpaired) electrons. The van der Waals surface area contributed by atoms with Crippen molar-refractivity contribution in [1.82, 2.24) is 25.3 Å². The minimum atomic E-state index is 0.0208. The average molecular weight is 418 g/mol. The molecule has 1 aliphatic heterocycles. The fourth-order valence-electron chi connectivity index (χ4n) is 3.11. The normalized spacial score (nSPS) is 14.8. The van der Waals surface area contributed by atoms with Gasteiger partial charge in [0.05, 0.1) is 17.9 Å². The summed E-state index contributed by atoms with van der Waals surface area (Å²) in [6.07, 6.45) is 0.928. The predicted octanol–water partition coefficient (Wildman–Crippen LogP) is 1.95. The van der Waals surface area contributed by atoms with E-state index in [1.165, 1.54) is 11.8 Å². The highest BCUT2D eigenvalue weighted by Crippen LogP contribution is 2.26. The Hall–Kier alpha value is -2.39. The molecule has 0 unspecified atom stereocenters. The number of carbonyl (C=O) groups is 2. The van der Waals surface area contributed by atoms with Crippen molar-refractivity contribution in [2.24, 2.45) is 0 Å². The molecule has 1 aliphatic rings. The van der Waals surface area contributed by atoms with Crippen LogP contribution in [0.15, 0.2) is 33.7 Å². The van der Waals surface area contributed by atoms with Crippen LogP contribution in [0.5, 0.6) is 0 Å². The Kier molecular flexibility index (Phi) is 7.65. The van der Waals surface area contributed by atoms with Crippen LogP contribution >= 0.6 is 11.8 Å². The molecule has 29 heavy (non-hydrogen) atoms. The Labute approximate surface area is 175 Å². The molecule has 1 aromatic carbocycles. The van der Waals surface area contributed by atoms with Crippen molar-refractivity contribution in [3.05, 3.63) is 41.5 Å². The number of nitrogens with zero attached hydrogens (tertiary/aromatic N) is 4. The number of piperazine rings is 1. The summed E-state index contributed by atoms with van der Waals surface area (Å²) < 4.78 is 5.00. The third-order valence-corrected chi connectivity index (χ3v) is 5.71. The van der Waals surface area contributed by atoms with Gasteiger partial charge in [-0.05, 0) is 18.6 Å². The summed E-state index contributed by atoms with van der Waals surface area (Å²) >= 11 is 1.53. The third-order valence-electron chi connectivity index (χ3n) is 4.64. The van der Waals surface area contributed by atoms with Gasteiger partial charge in [0.25, 0.3) is 5.91 Å². The second-order valence-electron chi connectivity index (χ2n) is 6.93. The van der Waals surface area contributed by atoms with E-state index in [0.29, 0.717) is 62.3 Å². The summed E-state index contributed by atoms with van der Waals surface area (Å²) in [5.41, 5.74) is 0.687. The van der Waals surface area contributed by atoms with Crippen molar-refractivity contribution in [1.29, 1.82) is 0 Å². The van der Waals surface area contributed by atoms with Crippen LogP contribution in [-0.2, 0) is 10.5 Å². The Morgan fingerprint density at radius 2 is 1.97 bits per heavy atom. The number of thioether (sulfide) groups is 1. The highest BCUT2D eigenvalue weighted by molar-refractivity contribution is 7.98. The van der Waals surface area contributed by atoms with Crippen LogP contribution in [0, 0.1) is 6.92 Å². The van der Waals surface area contributed by atoms with Gasteiger partial charge in [-0.3, -0.25) is 14.5 Å². The van der Waals surface area contributed by atoms with Crippen LogP contribution in [0.25, 0.3) is 0 Å². The van der Waals surface area contributed by atoms with Gasteiger partial charge in [-0.25, -0.2) is 0 Å². The second-order valence-corrected chi connectivity index (χ2v) is 7.95. The largest absolute Gasteiger partial charge is 0.355 e. The molecule has 3 rings (SSSR count). The molecule has 2 aromatic rings. The van der Waals surface area contributed by atoms with Crippen molar-refractivity contribution in [2.75, 3.05) is 39.3 Å². The van der Waals surface area contributed by atoms with Crippen molar-refractivity contribution in [3.63, 3.8) is 0 Å². The van der Waals surface area contributed by atoms with Gasteiger partial charge in [-0.15, -0.1) is 11.8 Å². The summed E-state index contributed by atoms with van der Waals surface area (Å²) in [7, 11) is 0. The molecule has 0 atom stereocenters. The number of benzene rings is 1. The topological polar surface area (TPSA) is 91.6 Å². The standard InChI is InChI=1S/C20H27N5O3S/c1-3-8-21-19(26)13-24-9-11-25(12-10-24)20(27)16-6-4-5-7-17(16)29-14-18-22-15(2)28-23-18/h4-7H,3,8-14H2,1-2H3,(H,21,26). The van der Waals surface area contributed by atoms with Crippen LogP contribution in [0.4, 0.5) is 0 Å². The molecule has 1 fully saturated rings. The summed E-state index contributed by atoms with van der Waals surface area (Å²) in [5.74, 6) is 1.76. The van der Waals surface area contributed by atoms with E-state index in [-0.39, 0.29) is 11.8 Å². The first-order valence-corrected chi connectivity index (χ1v) is 10.8. The van der Waals surface area contributed by atoms with Crippen molar-refractivity contribution < 1.29 is 14.1 Å². The van der Waals surface area contributed by atoms with Gasteiger partial charge >= 0.3 is 0 Å². The SMILES string of the molecule is CCCNC(=O)CN1CCN(C(=O)c2ccccc2SCc2noc(C)n2)CC1. The van der Waals surface area contributed by atoms with E-state index in [1.54, 1.807) is 6.92 Å². The van der Waals surface area contributed by atoms with Gasteiger partial charge < -0.3 is 14.7 Å². The van der Waals surface area contributed by atoms with E-state index in [4.69, 9.17) is 4.52 Å². The van der Waals surface area contributed by atoms with E-state index >= 15 is 0 Å². The molecule has 1 aromatic heterocycles. The number of hydrogen-bond acceptors (Lipinski definition) is 7. The Morgan fingerprint density at radius 3 is 2.66 bits per heavy atom.